The number of nitrogens with two attached hydrogens (primary N) is 1. The fraction of sp³-hybridized carbons (Fsp3) is 0.364. The van der Waals surface area contributed by atoms with Gasteiger partial charge in [0.2, 0.25) is 0 Å². The SMILES string of the molecule is COC(=O)CCN(C(=O)c1cccc(N)c1)c1c(C)cc(C(F)(C(F)(F)F)C(F)(F)F)cc1C. The molecule has 0 radical (unpaired) electrons. The van der Waals surface area contributed by atoms with E-state index < -0.39 is 35.5 Å². The molecule has 0 bridgehead atoms. The second-order valence-electron chi connectivity index (χ2n) is 7.52. The molecular weight excluding hydrogens is 473 g/mol. The number of alkyl halides is 7. The molecule has 186 valence electrons. The van der Waals surface area contributed by atoms with E-state index in [1.54, 1.807) is 0 Å². The molecule has 0 aromatic heterocycles. The van der Waals surface area contributed by atoms with Crippen molar-refractivity contribution in [1.82, 2.24) is 0 Å². The van der Waals surface area contributed by atoms with E-state index in [2.05, 4.69) is 4.74 Å². The predicted octanol–water partition coefficient (Wildman–Crippen LogP) is 5.38. The van der Waals surface area contributed by atoms with Gasteiger partial charge in [-0.2, -0.15) is 26.3 Å². The molecule has 34 heavy (non-hydrogen) atoms. The maximum absolute atomic E-state index is 14.6. The van der Waals surface area contributed by atoms with E-state index in [-0.39, 0.29) is 41.0 Å². The number of ether oxygens (including phenoxy) is 1. The zero-order valence-corrected chi connectivity index (χ0v) is 18.3. The lowest BCUT2D eigenvalue weighted by Crippen LogP contribution is -2.50. The number of halogens is 7. The number of benzene rings is 2. The molecule has 12 heteroatoms. The Balaban J connectivity index is 2.68. The third-order valence-corrected chi connectivity index (χ3v) is 5.09. The summed E-state index contributed by atoms with van der Waals surface area (Å²) >= 11 is 0. The van der Waals surface area contributed by atoms with Crippen molar-refractivity contribution in [2.75, 3.05) is 24.3 Å². The van der Waals surface area contributed by atoms with Crippen LogP contribution in [0.25, 0.3) is 0 Å². The van der Waals surface area contributed by atoms with Gasteiger partial charge in [-0.25, -0.2) is 4.39 Å². The zero-order valence-electron chi connectivity index (χ0n) is 18.3. The van der Waals surface area contributed by atoms with Gasteiger partial charge in [0.25, 0.3) is 5.91 Å². The van der Waals surface area contributed by atoms with Crippen LogP contribution in [0.5, 0.6) is 0 Å². The Morgan fingerprint density at radius 2 is 1.47 bits per heavy atom. The molecule has 0 atom stereocenters. The maximum Gasteiger partial charge on any atom is 0.435 e. The van der Waals surface area contributed by atoms with E-state index in [0.717, 1.165) is 25.9 Å². The van der Waals surface area contributed by atoms with E-state index in [1.807, 2.05) is 0 Å². The number of nitrogens with zero attached hydrogens (tertiary/aromatic N) is 1. The number of amides is 1. The van der Waals surface area contributed by atoms with E-state index >= 15 is 0 Å². The lowest BCUT2D eigenvalue weighted by atomic mass is 9.90. The predicted molar refractivity (Wildman–Crippen MR) is 110 cm³/mol. The Hall–Kier alpha value is -3.31. The second-order valence-corrected chi connectivity index (χ2v) is 7.52. The molecule has 2 rings (SSSR count). The van der Waals surface area contributed by atoms with Crippen LogP contribution in [-0.2, 0) is 15.2 Å². The molecule has 0 aliphatic rings. The minimum absolute atomic E-state index is 0.0539. The van der Waals surface area contributed by atoms with Crippen LogP contribution in [0, 0.1) is 13.8 Å². The Labute approximate surface area is 190 Å². The molecule has 0 aliphatic carbocycles. The van der Waals surface area contributed by atoms with Crippen molar-refractivity contribution in [3.05, 3.63) is 58.7 Å². The van der Waals surface area contributed by atoms with Crippen molar-refractivity contribution in [2.24, 2.45) is 0 Å². The molecule has 0 saturated carbocycles. The van der Waals surface area contributed by atoms with E-state index in [0.29, 0.717) is 12.1 Å². The first kappa shape index (κ1) is 26.9. The number of carbonyl (C=O) groups is 2. The van der Waals surface area contributed by atoms with Crippen LogP contribution in [0.4, 0.5) is 42.1 Å². The van der Waals surface area contributed by atoms with Crippen LogP contribution in [0.15, 0.2) is 36.4 Å². The van der Waals surface area contributed by atoms with Gasteiger partial charge in [-0.3, -0.25) is 9.59 Å². The molecule has 0 unspecified atom stereocenters. The van der Waals surface area contributed by atoms with Gasteiger partial charge in [0.05, 0.1) is 13.5 Å². The molecule has 1 amide bonds. The number of methoxy groups -OCH3 is 1. The molecule has 2 aromatic carbocycles. The van der Waals surface area contributed by atoms with Gasteiger partial charge in [-0.15, -0.1) is 0 Å². The van der Waals surface area contributed by atoms with Gasteiger partial charge >= 0.3 is 24.0 Å². The molecule has 2 N–H and O–H groups in total. The van der Waals surface area contributed by atoms with Crippen molar-refractivity contribution in [3.63, 3.8) is 0 Å². The van der Waals surface area contributed by atoms with Crippen molar-refractivity contribution in [3.8, 4) is 0 Å². The number of carbonyl (C=O) groups excluding carboxylic acids is 2. The summed E-state index contributed by atoms with van der Waals surface area (Å²) in [5, 5.41) is 0. The van der Waals surface area contributed by atoms with E-state index in [4.69, 9.17) is 5.73 Å². The highest BCUT2D eigenvalue weighted by Crippen LogP contribution is 2.54. The number of nitrogen functional groups attached to an aromatic ring is 1. The molecular formula is C22H21F7N2O3. The zero-order chi connectivity index (χ0) is 26.1. The Morgan fingerprint density at radius 1 is 0.941 bits per heavy atom. The summed E-state index contributed by atoms with van der Waals surface area (Å²) in [6.45, 7) is 1.95. The summed E-state index contributed by atoms with van der Waals surface area (Å²) in [6, 6.07) is 6.45. The third kappa shape index (κ3) is 5.10. The largest absolute Gasteiger partial charge is 0.469 e. The molecule has 5 nitrogen and oxygen atoms in total. The smallest absolute Gasteiger partial charge is 0.435 e. The highest BCUT2D eigenvalue weighted by molar-refractivity contribution is 6.07. The number of rotatable bonds is 6. The molecule has 0 saturated heterocycles. The average Bonchev–Trinajstić information content (AvgIpc) is 2.72. The van der Waals surface area contributed by atoms with Crippen molar-refractivity contribution >= 4 is 23.3 Å². The highest BCUT2D eigenvalue weighted by atomic mass is 19.4. The first-order chi connectivity index (χ1) is 15.5. The van der Waals surface area contributed by atoms with Crippen LogP contribution in [-0.4, -0.2) is 37.9 Å². The number of anilines is 2. The van der Waals surface area contributed by atoms with Gasteiger partial charge in [0.15, 0.2) is 0 Å². The van der Waals surface area contributed by atoms with Crippen LogP contribution >= 0.6 is 0 Å². The van der Waals surface area contributed by atoms with Crippen LogP contribution in [0.3, 0.4) is 0 Å². The normalized spacial score (nSPS) is 12.4. The summed E-state index contributed by atoms with van der Waals surface area (Å²) in [6.07, 6.45) is -12.9. The number of aryl methyl sites for hydroxylation is 2. The van der Waals surface area contributed by atoms with Gasteiger partial charge in [0.1, 0.15) is 0 Å². The Kier molecular flexibility index (Phi) is 7.54. The van der Waals surface area contributed by atoms with E-state index in [1.165, 1.54) is 24.3 Å². The summed E-state index contributed by atoms with van der Waals surface area (Å²) in [4.78, 5) is 25.8. The topological polar surface area (TPSA) is 72.6 Å². The number of esters is 1. The monoisotopic (exact) mass is 494 g/mol. The van der Waals surface area contributed by atoms with Gasteiger partial charge in [-0.1, -0.05) is 18.2 Å². The fourth-order valence-corrected chi connectivity index (χ4v) is 3.52. The summed E-state index contributed by atoms with van der Waals surface area (Å²) in [5.41, 5.74) is -1.89. The van der Waals surface area contributed by atoms with Crippen molar-refractivity contribution < 1.29 is 45.1 Å². The summed E-state index contributed by atoms with van der Waals surface area (Å²) in [5.74, 6) is -1.44. The summed E-state index contributed by atoms with van der Waals surface area (Å²) in [7, 11) is 1.10. The van der Waals surface area contributed by atoms with Crippen molar-refractivity contribution in [1.29, 1.82) is 0 Å². The quantitative estimate of drug-likeness (QED) is 0.332. The second kappa shape index (κ2) is 9.51. The first-order valence-corrected chi connectivity index (χ1v) is 9.73. The molecule has 0 fully saturated rings. The number of hydrogen-bond donors (Lipinski definition) is 1. The van der Waals surface area contributed by atoms with Gasteiger partial charge in [-0.05, 0) is 43.2 Å². The maximum atomic E-state index is 14.6. The lowest BCUT2D eigenvalue weighted by Gasteiger charge is -2.32. The minimum Gasteiger partial charge on any atom is -0.469 e. The molecule has 0 spiro atoms. The Morgan fingerprint density at radius 3 is 1.91 bits per heavy atom. The van der Waals surface area contributed by atoms with Gasteiger partial charge < -0.3 is 15.4 Å². The van der Waals surface area contributed by atoms with Crippen LogP contribution in [0.2, 0.25) is 0 Å². The molecule has 0 heterocycles. The van der Waals surface area contributed by atoms with Crippen LogP contribution < -0.4 is 10.6 Å². The highest BCUT2D eigenvalue weighted by Gasteiger charge is 2.73. The molecule has 2 aromatic rings. The average molecular weight is 494 g/mol. The molecule has 0 aliphatic heterocycles. The lowest BCUT2D eigenvalue weighted by molar-refractivity contribution is -0.348. The summed E-state index contributed by atoms with van der Waals surface area (Å²) < 4.78 is 98.5. The van der Waals surface area contributed by atoms with Crippen LogP contribution in [0.1, 0.15) is 33.5 Å². The van der Waals surface area contributed by atoms with Crippen molar-refractivity contribution in [2.45, 2.75) is 38.3 Å². The van der Waals surface area contributed by atoms with Gasteiger partial charge in [0, 0.05) is 29.0 Å². The Bertz CT molecular complexity index is 1040. The first-order valence-electron chi connectivity index (χ1n) is 9.73. The van der Waals surface area contributed by atoms with E-state index in [9.17, 15) is 40.3 Å². The minimum atomic E-state index is -6.28. The number of hydrogen-bond acceptors (Lipinski definition) is 4. The third-order valence-electron chi connectivity index (χ3n) is 5.09. The fourth-order valence-electron chi connectivity index (χ4n) is 3.52. The standard InChI is InChI=1S/C22H21F7N2O3/c1-12-9-15(20(23,21(24,25)26)22(27,28)29)10-13(2)18(12)31(8-7-17(32)34-3)19(33)14-5-4-6-16(30)11-14/h4-6,9-11H,7-8,30H2,1-3H3.